The van der Waals surface area contributed by atoms with Gasteiger partial charge in [0.15, 0.2) is 0 Å². The molecule has 1 aromatic carbocycles. The van der Waals surface area contributed by atoms with Crippen LogP contribution < -0.4 is 15.8 Å². The van der Waals surface area contributed by atoms with E-state index < -0.39 is 23.1 Å². The number of nitrogens with zero attached hydrogens (tertiary/aromatic N) is 1. The zero-order valence-electron chi connectivity index (χ0n) is 20.7. The first-order chi connectivity index (χ1) is 16.4. The number of rotatable bonds is 11. The molecule has 9 nitrogen and oxygen atoms in total. The first kappa shape index (κ1) is 31.6. The van der Waals surface area contributed by atoms with E-state index in [4.69, 9.17) is 11.1 Å². The summed E-state index contributed by atoms with van der Waals surface area (Å²) in [5, 5.41) is 8.15. The molecular weight excluding hydrogens is 454 g/mol. The Morgan fingerprint density at radius 3 is 2.62 bits per heavy atom. The molecular formula is C24H41N5O4S. The zero-order chi connectivity index (χ0) is 25.9. The van der Waals surface area contributed by atoms with Crippen molar-refractivity contribution in [3.8, 4) is 0 Å². The summed E-state index contributed by atoms with van der Waals surface area (Å²) < 4.78 is 15.6. The van der Waals surface area contributed by atoms with Crippen molar-refractivity contribution < 1.29 is 18.6 Å². The first-order valence-electron chi connectivity index (χ1n) is 11.7. The second kappa shape index (κ2) is 18.9. The van der Waals surface area contributed by atoms with Gasteiger partial charge in [-0.05, 0) is 63.4 Å². The van der Waals surface area contributed by atoms with Crippen molar-refractivity contribution in [2.24, 2.45) is 5.73 Å². The Morgan fingerprint density at radius 2 is 2.00 bits per heavy atom. The second-order valence-electron chi connectivity index (χ2n) is 7.58. The predicted molar refractivity (Wildman–Crippen MR) is 138 cm³/mol. The van der Waals surface area contributed by atoms with Crippen LogP contribution in [0.1, 0.15) is 57.1 Å². The third-order valence-electron chi connectivity index (χ3n) is 5.17. The maximum Gasteiger partial charge on any atom is 0.241 e. The smallest absolute Gasteiger partial charge is 0.241 e. The van der Waals surface area contributed by atoms with E-state index in [1.54, 1.807) is 0 Å². The number of nitrogens with one attached hydrogen (secondary N) is 3. The number of aldehydes is 1. The number of hydrogen-bond acceptors (Lipinski definition) is 6. The first-order valence-corrected chi connectivity index (χ1v) is 13.0. The average molecular weight is 496 g/mol. The SMILES string of the molecule is C=N.CC.Cc1ccccc1CS(=O)N[C@H]1CCCCN(CC(=O)N[C@H](C=O)CCCN)C1=O. The average Bonchev–Trinajstić information content (AvgIpc) is 3.02. The molecule has 1 aliphatic heterocycles. The van der Waals surface area contributed by atoms with Gasteiger partial charge >= 0.3 is 0 Å². The highest BCUT2D eigenvalue weighted by atomic mass is 32.2. The van der Waals surface area contributed by atoms with Gasteiger partial charge in [0, 0.05) is 6.54 Å². The number of carbonyl (C=O) groups is 3. The van der Waals surface area contributed by atoms with Gasteiger partial charge in [0.05, 0.1) is 35.4 Å². The van der Waals surface area contributed by atoms with Gasteiger partial charge in [-0.15, -0.1) is 0 Å². The number of likely N-dealkylation sites (tertiary alicyclic amines) is 1. The van der Waals surface area contributed by atoms with Crippen LogP contribution in [0.15, 0.2) is 24.3 Å². The van der Waals surface area contributed by atoms with Gasteiger partial charge in [-0.1, -0.05) is 38.1 Å². The van der Waals surface area contributed by atoms with E-state index in [-0.39, 0.29) is 18.4 Å². The van der Waals surface area contributed by atoms with Crippen LogP contribution in [0.5, 0.6) is 0 Å². The third kappa shape index (κ3) is 11.6. The van der Waals surface area contributed by atoms with Gasteiger partial charge in [-0.3, -0.25) is 9.59 Å². The summed E-state index contributed by atoms with van der Waals surface area (Å²) in [6.07, 6.45) is 3.94. The molecule has 5 N–H and O–H groups in total. The summed E-state index contributed by atoms with van der Waals surface area (Å²) in [5.41, 5.74) is 7.47. The molecule has 0 saturated carbocycles. The summed E-state index contributed by atoms with van der Waals surface area (Å²) in [7, 11) is -1.41. The van der Waals surface area contributed by atoms with E-state index in [0.29, 0.717) is 44.4 Å². The molecule has 1 aliphatic rings. The molecule has 0 radical (unpaired) electrons. The molecule has 192 valence electrons. The van der Waals surface area contributed by atoms with E-state index >= 15 is 0 Å². The molecule has 1 aromatic rings. The fourth-order valence-electron chi connectivity index (χ4n) is 3.42. The molecule has 0 spiro atoms. The number of amides is 2. The number of carbonyl (C=O) groups excluding carboxylic acids is 3. The van der Waals surface area contributed by atoms with Gasteiger partial charge in [-0.2, -0.15) is 0 Å². The van der Waals surface area contributed by atoms with Crippen molar-refractivity contribution >= 4 is 35.8 Å². The van der Waals surface area contributed by atoms with Crippen LogP contribution in [0.4, 0.5) is 0 Å². The fraction of sp³-hybridized carbons (Fsp3) is 0.583. The molecule has 2 rings (SSSR count). The molecule has 34 heavy (non-hydrogen) atoms. The molecule has 1 heterocycles. The van der Waals surface area contributed by atoms with Crippen LogP contribution in [-0.2, 0) is 31.1 Å². The zero-order valence-corrected chi connectivity index (χ0v) is 21.5. The topological polar surface area (TPSA) is 145 Å². The van der Waals surface area contributed by atoms with Crippen LogP contribution in [0.25, 0.3) is 0 Å². The van der Waals surface area contributed by atoms with Crippen LogP contribution in [0, 0.1) is 12.3 Å². The number of hydrogen-bond donors (Lipinski definition) is 4. The molecule has 1 saturated heterocycles. The minimum atomic E-state index is -1.41. The van der Waals surface area contributed by atoms with Crippen molar-refractivity contribution in [2.45, 2.75) is 70.7 Å². The Morgan fingerprint density at radius 1 is 1.32 bits per heavy atom. The monoisotopic (exact) mass is 495 g/mol. The third-order valence-corrected chi connectivity index (χ3v) is 6.29. The van der Waals surface area contributed by atoms with E-state index in [0.717, 1.165) is 24.0 Å². The maximum absolute atomic E-state index is 12.9. The van der Waals surface area contributed by atoms with Crippen molar-refractivity contribution in [1.29, 1.82) is 5.41 Å². The Kier molecular flexibility index (Phi) is 17.6. The van der Waals surface area contributed by atoms with E-state index in [1.165, 1.54) is 4.90 Å². The molecule has 0 aliphatic carbocycles. The quantitative estimate of drug-likeness (QED) is 0.273. The Labute approximate surface area is 206 Å². The van der Waals surface area contributed by atoms with E-state index in [2.05, 4.69) is 16.8 Å². The van der Waals surface area contributed by atoms with Crippen molar-refractivity contribution in [3.05, 3.63) is 35.4 Å². The molecule has 0 bridgehead atoms. The largest absolute Gasteiger partial charge is 0.345 e. The highest BCUT2D eigenvalue weighted by Crippen LogP contribution is 2.14. The van der Waals surface area contributed by atoms with Crippen molar-refractivity contribution in [1.82, 2.24) is 14.9 Å². The molecule has 3 atom stereocenters. The van der Waals surface area contributed by atoms with E-state index in [1.807, 2.05) is 45.0 Å². The van der Waals surface area contributed by atoms with Crippen LogP contribution >= 0.6 is 0 Å². The lowest BCUT2D eigenvalue weighted by molar-refractivity contribution is -0.137. The van der Waals surface area contributed by atoms with Crippen LogP contribution in [0.2, 0.25) is 0 Å². The summed E-state index contributed by atoms with van der Waals surface area (Å²) in [6.45, 7) is 9.25. The molecule has 0 aromatic heterocycles. The highest BCUT2D eigenvalue weighted by Gasteiger charge is 2.29. The predicted octanol–water partition coefficient (Wildman–Crippen LogP) is 1.84. The second-order valence-corrected chi connectivity index (χ2v) is 8.80. The maximum atomic E-state index is 12.9. The fourth-order valence-corrected chi connectivity index (χ4v) is 4.65. The lowest BCUT2D eigenvalue weighted by Crippen LogP contribution is -2.50. The van der Waals surface area contributed by atoms with Gasteiger partial charge in [0.25, 0.3) is 0 Å². The Balaban J connectivity index is 0.00000258. The molecule has 10 heteroatoms. The van der Waals surface area contributed by atoms with Gasteiger partial charge in [0.2, 0.25) is 11.8 Å². The van der Waals surface area contributed by atoms with Crippen molar-refractivity contribution in [3.63, 3.8) is 0 Å². The molecule has 1 unspecified atom stereocenters. The number of benzene rings is 1. The van der Waals surface area contributed by atoms with Gasteiger partial charge in [0.1, 0.15) is 6.29 Å². The molecule has 1 fully saturated rings. The standard InChI is InChI=1S/C21H32N4O4S.C2H6.CH3N/c1-16-7-2-3-8-17(16)15-30(29)24-19-10-4-5-12-25(21(19)28)13-20(27)23-18(14-26)9-6-11-22;2*1-2/h2-3,7-8,14,18-19,24H,4-6,9-13,15,22H2,1H3,(H,23,27);1-2H3;2H,1H2/t18-,19-,30?;;/m0../s1. The summed E-state index contributed by atoms with van der Waals surface area (Å²) >= 11 is 0. The van der Waals surface area contributed by atoms with Crippen molar-refractivity contribution in [2.75, 3.05) is 19.6 Å². The summed E-state index contributed by atoms with van der Waals surface area (Å²) in [6, 6.07) is 6.52. The summed E-state index contributed by atoms with van der Waals surface area (Å²) in [4.78, 5) is 37.9. The molecule has 2 amide bonds. The number of aryl methyl sites for hydroxylation is 1. The lowest BCUT2D eigenvalue weighted by atomic mass is 10.1. The lowest BCUT2D eigenvalue weighted by Gasteiger charge is -2.25. The normalized spacial score (nSPS) is 17.1. The minimum absolute atomic E-state index is 0.117. The van der Waals surface area contributed by atoms with Crippen LogP contribution in [0.3, 0.4) is 0 Å². The van der Waals surface area contributed by atoms with Gasteiger partial charge in [-0.25, -0.2) is 8.93 Å². The van der Waals surface area contributed by atoms with Gasteiger partial charge < -0.3 is 26.2 Å². The van der Waals surface area contributed by atoms with E-state index in [9.17, 15) is 18.6 Å². The van der Waals surface area contributed by atoms with Crippen LogP contribution in [-0.4, -0.2) is 65.6 Å². The Bertz CT molecular complexity index is 777. The number of nitrogens with two attached hydrogens (primary N) is 1. The Hall–Kier alpha value is -2.43. The highest BCUT2D eigenvalue weighted by molar-refractivity contribution is 7.82. The summed E-state index contributed by atoms with van der Waals surface area (Å²) in [5.74, 6) is -0.288. The minimum Gasteiger partial charge on any atom is -0.345 e.